The second kappa shape index (κ2) is 9.85. The maximum absolute atomic E-state index is 13.3. The van der Waals surface area contributed by atoms with Gasteiger partial charge in [-0.15, -0.1) is 11.3 Å². The second-order valence-corrected chi connectivity index (χ2v) is 10.6. The molecule has 4 rings (SSSR count). The molecule has 8 nitrogen and oxygen atoms in total. The zero-order valence-electron chi connectivity index (χ0n) is 19.6. The van der Waals surface area contributed by atoms with Crippen molar-refractivity contribution < 1.29 is 27.4 Å². The van der Waals surface area contributed by atoms with Gasteiger partial charge >= 0.3 is 0 Å². The van der Waals surface area contributed by atoms with Crippen LogP contribution >= 0.6 is 11.3 Å². The Morgan fingerprint density at radius 3 is 2.37 bits per heavy atom. The lowest BCUT2D eigenvalue weighted by molar-refractivity contribution is 0.103. The number of anilines is 2. The van der Waals surface area contributed by atoms with E-state index in [1.165, 1.54) is 49.0 Å². The lowest BCUT2D eigenvalue weighted by Gasteiger charge is -2.20. The number of rotatable bonds is 8. The van der Waals surface area contributed by atoms with Gasteiger partial charge < -0.3 is 19.5 Å². The number of benzene rings is 3. The van der Waals surface area contributed by atoms with Gasteiger partial charge in [0.25, 0.3) is 15.9 Å². The summed E-state index contributed by atoms with van der Waals surface area (Å²) >= 11 is 1.33. The highest BCUT2D eigenvalue weighted by atomic mass is 32.2. The monoisotopic (exact) mass is 512 g/mol. The van der Waals surface area contributed by atoms with Gasteiger partial charge in [0, 0.05) is 29.6 Å². The lowest BCUT2D eigenvalue weighted by Crippen LogP contribution is -2.26. The summed E-state index contributed by atoms with van der Waals surface area (Å²) in [6.45, 7) is 0. The molecule has 182 valence electrons. The lowest BCUT2D eigenvalue weighted by atomic mass is 10.2. The van der Waals surface area contributed by atoms with Crippen LogP contribution in [-0.2, 0) is 10.0 Å². The van der Waals surface area contributed by atoms with E-state index in [4.69, 9.17) is 14.2 Å². The molecule has 0 fully saturated rings. The minimum atomic E-state index is -3.87. The molecule has 0 aliphatic rings. The van der Waals surface area contributed by atoms with E-state index in [1.54, 1.807) is 61.7 Å². The van der Waals surface area contributed by atoms with Gasteiger partial charge in [0.15, 0.2) is 11.5 Å². The molecule has 3 aromatic carbocycles. The van der Waals surface area contributed by atoms with Crippen molar-refractivity contribution in [2.24, 2.45) is 0 Å². The Balaban J connectivity index is 1.60. The fourth-order valence-electron chi connectivity index (χ4n) is 3.51. The average molecular weight is 513 g/mol. The quantitative estimate of drug-likeness (QED) is 0.357. The van der Waals surface area contributed by atoms with E-state index >= 15 is 0 Å². The standard InChI is InChI=1S/C25H24N2O6S2/c1-27(35(29,30)20-9-10-21(32-3)22(15-20)33-4)18-8-11-23-16(12-18)13-24(34-23)25(28)26-17-6-5-7-19(14-17)31-2/h5-15H,1-4H3,(H,26,28). The largest absolute Gasteiger partial charge is 0.497 e. The molecule has 0 bridgehead atoms. The van der Waals surface area contributed by atoms with Gasteiger partial charge in [0.05, 0.1) is 36.8 Å². The van der Waals surface area contributed by atoms with Gasteiger partial charge in [-0.3, -0.25) is 9.10 Å². The number of fused-ring (bicyclic) bond motifs is 1. The molecule has 0 saturated heterocycles. The predicted octanol–water partition coefficient (Wildman–Crippen LogP) is 5.00. The van der Waals surface area contributed by atoms with E-state index in [0.717, 1.165) is 10.1 Å². The molecule has 0 spiro atoms. The summed E-state index contributed by atoms with van der Waals surface area (Å²) in [7, 11) is 2.11. The maximum atomic E-state index is 13.3. The summed E-state index contributed by atoms with van der Waals surface area (Å²) in [6.07, 6.45) is 0. The van der Waals surface area contributed by atoms with Crippen molar-refractivity contribution in [1.29, 1.82) is 0 Å². The van der Waals surface area contributed by atoms with Gasteiger partial charge in [0.1, 0.15) is 5.75 Å². The van der Waals surface area contributed by atoms with Gasteiger partial charge in [-0.2, -0.15) is 0 Å². The Hall–Kier alpha value is -3.76. The number of thiophene rings is 1. The van der Waals surface area contributed by atoms with Crippen molar-refractivity contribution in [3.8, 4) is 17.2 Å². The zero-order chi connectivity index (χ0) is 25.2. The predicted molar refractivity (Wildman–Crippen MR) is 138 cm³/mol. The molecule has 0 saturated carbocycles. The zero-order valence-corrected chi connectivity index (χ0v) is 21.2. The first-order chi connectivity index (χ1) is 16.8. The number of amides is 1. The van der Waals surface area contributed by atoms with Crippen LogP contribution in [-0.4, -0.2) is 42.7 Å². The molecule has 10 heteroatoms. The molecular formula is C25H24N2O6S2. The second-order valence-electron chi connectivity index (χ2n) is 7.51. The van der Waals surface area contributed by atoms with E-state index in [2.05, 4.69) is 5.32 Å². The molecule has 1 aromatic heterocycles. The van der Waals surface area contributed by atoms with Crippen molar-refractivity contribution >= 4 is 48.7 Å². The number of nitrogens with zero attached hydrogens (tertiary/aromatic N) is 1. The summed E-state index contributed by atoms with van der Waals surface area (Å²) < 4.78 is 44.2. The van der Waals surface area contributed by atoms with Crippen molar-refractivity contribution in [2.75, 3.05) is 38.0 Å². The topological polar surface area (TPSA) is 94.2 Å². The molecule has 35 heavy (non-hydrogen) atoms. The molecule has 1 N–H and O–H groups in total. The third kappa shape index (κ3) is 4.89. The van der Waals surface area contributed by atoms with E-state index in [-0.39, 0.29) is 10.8 Å². The van der Waals surface area contributed by atoms with Gasteiger partial charge in [-0.1, -0.05) is 6.07 Å². The van der Waals surface area contributed by atoms with Crippen molar-refractivity contribution in [3.63, 3.8) is 0 Å². The van der Waals surface area contributed by atoms with Crippen LogP contribution in [0.1, 0.15) is 9.67 Å². The Kier molecular flexibility index (Phi) is 6.86. The number of carbonyl (C=O) groups excluding carboxylic acids is 1. The molecule has 1 heterocycles. The number of carbonyl (C=O) groups is 1. The van der Waals surface area contributed by atoms with Crippen LogP contribution in [0.25, 0.3) is 10.1 Å². The van der Waals surface area contributed by atoms with Crippen LogP contribution in [0.4, 0.5) is 11.4 Å². The van der Waals surface area contributed by atoms with Gasteiger partial charge in [-0.05, 0) is 53.9 Å². The van der Waals surface area contributed by atoms with E-state index in [1.807, 2.05) is 0 Å². The fourth-order valence-corrected chi connectivity index (χ4v) is 5.65. The minimum Gasteiger partial charge on any atom is -0.497 e. The Bertz CT molecular complexity index is 1500. The number of hydrogen-bond donors (Lipinski definition) is 1. The highest BCUT2D eigenvalue weighted by Gasteiger charge is 2.24. The van der Waals surface area contributed by atoms with Crippen LogP contribution in [0.2, 0.25) is 0 Å². The van der Waals surface area contributed by atoms with Crippen LogP contribution in [0.3, 0.4) is 0 Å². The Labute approximate surface area is 207 Å². The number of methoxy groups -OCH3 is 3. The first-order valence-electron chi connectivity index (χ1n) is 10.5. The highest BCUT2D eigenvalue weighted by molar-refractivity contribution is 7.92. The first-order valence-corrected chi connectivity index (χ1v) is 12.7. The van der Waals surface area contributed by atoms with Crippen molar-refractivity contribution in [3.05, 3.63) is 71.6 Å². The summed E-state index contributed by atoms with van der Waals surface area (Å²) in [4.78, 5) is 13.4. The van der Waals surface area contributed by atoms with Crippen LogP contribution in [0.15, 0.2) is 71.6 Å². The van der Waals surface area contributed by atoms with E-state index in [0.29, 0.717) is 33.5 Å². The van der Waals surface area contributed by atoms with Crippen molar-refractivity contribution in [1.82, 2.24) is 0 Å². The summed E-state index contributed by atoms with van der Waals surface area (Å²) in [5, 5.41) is 3.62. The molecular weight excluding hydrogens is 488 g/mol. The first kappa shape index (κ1) is 24.4. The summed E-state index contributed by atoms with van der Waals surface area (Å²) in [6, 6.07) is 18.5. The average Bonchev–Trinajstić information content (AvgIpc) is 3.31. The number of sulfonamides is 1. The fraction of sp³-hybridized carbons (Fsp3) is 0.160. The summed E-state index contributed by atoms with van der Waals surface area (Å²) in [5.41, 5.74) is 1.08. The molecule has 0 aliphatic heterocycles. The van der Waals surface area contributed by atoms with Gasteiger partial charge in [0.2, 0.25) is 0 Å². The van der Waals surface area contributed by atoms with E-state index < -0.39 is 10.0 Å². The smallest absolute Gasteiger partial charge is 0.265 e. The van der Waals surface area contributed by atoms with Crippen LogP contribution in [0, 0.1) is 0 Å². The third-order valence-electron chi connectivity index (χ3n) is 5.43. The molecule has 0 aliphatic carbocycles. The Morgan fingerprint density at radius 2 is 1.66 bits per heavy atom. The molecule has 0 atom stereocenters. The van der Waals surface area contributed by atoms with Crippen LogP contribution < -0.4 is 23.8 Å². The molecule has 4 aromatic rings. The third-order valence-corrected chi connectivity index (χ3v) is 8.32. The number of hydrogen-bond acceptors (Lipinski definition) is 7. The SMILES string of the molecule is COc1cccc(NC(=O)c2cc3cc(N(C)S(=O)(=O)c4ccc(OC)c(OC)c4)ccc3s2)c1. The highest BCUT2D eigenvalue weighted by Crippen LogP contribution is 2.34. The minimum absolute atomic E-state index is 0.0708. The number of ether oxygens (including phenoxy) is 3. The molecule has 1 amide bonds. The van der Waals surface area contributed by atoms with Crippen LogP contribution in [0.5, 0.6) is 17.2 Å². The summed E-state index contributed by atoms with van der Waals surface area (Å²) in [5.74, 6) is 1.14. The number of nitrogens with one attached hydrogen (secondary N) is 1. The Morgan fingerprint density at radius 1 is 0.886 bits per heavy atom. The van der Waals surface area contributed by atoms with E-state index in [9.17, 15) is 13.2 Å². The molecule has 0 unspecified atom stereocenters. The molecule has 0 radical (unpaired) electrons. The van der Waals surface area contributed by atoms with Gasteiger partial charge in [-0.25, -0.2) is 8.42 Å². The normalized spacial score (nSPS) is 11.2. The maximum Gasteiger partial charge on any atom is 0.265 e. The van der Waals surface area contributed by atoms with Crippen molar-refractivity contribution in [2.45, 2.75) is 4.90 Å².